The molecule has 0 spiro atoms. The van der Waals surface area contributed by atoms with Gasteiger partial charge in [-0.2, -0.15) is 0 Å². The smallest absolute Gasteiger partial charge is 0.261 e. The Morgan fingerprint density at radius 1 is 1.18 bits per heavy atom. The number of nitrogens with one attached hydrogen (secondary N) is 2. The second kappa shape index (κ2) is 8.31. The molecular weight excluding hydrogens is 350 g/mol. The molecule has 0 saturated heterocycles. The molecule has 0 radical (unpaired) electrons. The molecule has 1 atom stereocenters. The third-order valence-electron chi connectivity index (χ3n) is 5.84. The topological polar surface area (TPSA) is 65.2 Å². The highest BCUT2D eigenvalue weighted by atomic mass is 16.2. The normalized spacial score (nSPS) is 18.7. The number of hydrogen-bond donors (Lipinski definition) is 2. The summed E-state index contributed by atoms with van der Waals surface area (Å²) in [5.74, 6) is -0.290. The zero-order valence-electron chi connectivity index (χ0n) is 16.5. The van der Waals surface area contributed by atoms with Gasteiger partial charge in [-0.3, -0.25) is 14.5 Å². The minimum absolute atomic E-state index is 0.0218. The molecule has 1 heterocycles. The molecule has 1 fully saturated rings. The van der Waals surface area contributed by atoms with Crippen LogP contribution in [0.5, 0.6) is 0 Å². The molecule has 148 valence electrons. The van der Waals surface area contributed by atoms with Crippen molar-refractivity contribution in [2.24, 2.45) is 0 Å². The van der Waals surface area contributed by atoms with Crippen LogP contribution < -0.4 is 10.9 Å². The van der Waals surface area contributed by atoms with E-state index >= 15 is 0 Å². The van der Waals surface area contributed by atoms with Crippen LogP contribution in [0.25, 0.3) is 0 Å². The van der Waals surface area contributed by atoms with Crippen LogP contribution in [0.3, 0.4) is 0 Å². The zero-order valence-corrected chi connectivity index (χ0v) is 16.5. The molecule has 2 N–H and O–H groups in total. The van der Waals surface area contributed by atoms with E-state index in [4.69, 9.17) is 0 Å². The first-order valence-corrected chi connectivity index (χ1v) is 10.5. The monoisotopic (exact) mass is 379 g/mol. The van der Waals surface area contributed by atoms with Gasteiger partial charge in [-0.25, -0.2) is 0 Å². The van der Waals surface area contributed by atoms with Crippen molar-refractivity contribution in [3.63, 3.8) is 0 Å². The van der Waals surface area contributed by atoms with Crippen LogP contribution in [-0.4, -0.2) is 28.4 Å². The van der Waals surface area contributed by atoms with E-state index in [0.717, 1.165) is 44.5 Å². The summed E-state index contributed by atoms with van der Waals surface area (Å²) in [6.07, 6.45) is 6.59. The van der Waals surface area contributed by atoms with Gasteiger partial charge in [0.1, 0.15) is 5.56 Å². The van der Waals surface area contributed by atoms with E-state index in [1.54, 1.807) is 6.07 Å². The van der Waals surface area contributed by atoms with Gasteiger partial charge in [0.15, 0.2) is 0 Å². The summed E-state index contributed by atoms with van der Waals surface area (Å²) in [5.41, 5.74) is 3.24. The van der Waals surface area contributed by atoms with Gasteiger partial charge in [0, 0.05) is 18.3 Å². The first-order valence-electron chi connectivity index (χ1n) is 10.5. The predicted octanol–water partition coefficient (Wildman–Crippen LogP) is 3.56. The molecular formula is C23H29N3O2. The molecule has 2 aliphatic carbocycles. The maximum Gasteiger partial charge on any atom is 0.261 e. The highest BCUT2D eigenvalue weighted by molar-refractivity contribution is 5.94. The summed E-state index contributed by atoms with van der Waals surface area (Å²) in [5, 5.41) is 3.07. The van der Waals surface area contributed by atoms with Gasteiger partial charge in [0.05, 0.1) is 6.04 Å². The molecule has 5 nitrogen and oxygen atoms in total. The van der Waals surface area contributed by atoms with Crippen molar-refractivity contribution in [2.75, 3.05) is 6.54 Å². The molecule has 5 heteroatoms. The number of aryl methyl sites for hydroxylation is 1. The van der Waals surface area contributed by atoms with Crippen molar-refractivity contribution in [3.8, 4) is 0 Å². The van der Waals surface area contributed by atoms with Gasteiger partial charge in [-0.15, -0.1) is 0 Å². The molecule has 0 unspecified atom stereocenters. The highest BCUT2D eigenvalue weighted by Gasteiger charge is 2.28. The minimum atomic E-state index is -0.300. The summed E-state index contributed by atoms with van der Waals surface area (Å²) in [7, 11) is 0. The molecule has 1 amide bonds. The van der Waals surface area contributed by atoms with Gasteiger partial charge < -0.3 is 10.3 Å². The summed E-state index contributed by atoms with van der Waals surface area (Å²) < 4.78 is 0. The molecule has 28 heavy (non-hydrogen) atoms. The number of aromatic amines is 1. The summed E-state index contributed by atoms with van der Waals surface area (Å²) >= 11 is 0. The van der Waals surface area contributed by atoms with Crippen molar-refractivity contribution in [1.29, 1.82) is 0 Å². The van der Waals surface area contributed by atoms with Crippen LogP contribution in [0.15, 0.2) is 41.2 Å². The van der Waals surface area contributed by atoms with Crippen molar-refractivity contribution >= 4 is 5.91 Å². The lowest BCUT2D eigenvalue weighted by Crippen LogP contribution is -2.35. The SMILES string of the molecule is CCCN(Cc1ccc(C(=O)N[C@H]2CCCc3ccccc32)c(=O)[nH]1)C1CC1. The van der Waals surface area contributed by atoms with E-state index in [9.17, 15) is 9.59 Å². The van der Waals surface area contributed by atoms with Crippen molar-refractivity contribution in [2.45, 2.75) is 64.1 Å². The van der Waals surface area contributed by atoms with E-state index in [1.807, 2.05) is 18.2 Å². The fraction of sp³-hybridized carbons (Fsp3) is 0.478. The first kappa shape index (κ1) is 18.9. The Balaban J connectivity index is 1.46. The molecule has 4 rings (SSSR count). The fourth-order valence-corrected chi connectivity index (χ4v) is 4.26. The number of fused-ring (bicyclic) bond motifs is 1. The van der Waals surface area contributed by atoms with E-state index in [1.165, 1.54) is 24.0 Å². The van der Waals surface area contributed by atoms with E-state index in [0.29, 0.717) is 6.04 Å². The number of amides is 1. The Morgan fingerprint density at radius 2 is 2.00 bits per heavy atom. The van der Waals surface area contributed by atoms with Crippen molar-refractivity contribution in [3.05, 3.63) is 69.1 Å². The number of carbonyl (C=O) groups is 1. The Labute approximate surface area is 166 Å². The predicted molar refractivity (Wildman–Crippen MR) is 110 cm³/mol. The Bertz CT molecular complexity index is 901. The number of aromatic nitrogens is 1. The number of rotatable bonds is 7. The number of nitrogens with zero attached hydrogens (tertiary/aromatic N) is 1. The highest BCUT2D eigenvalue weighted by Crippen LogP contribution is 2.30. The summed E-state index contributed by atoms with van der Waals surface area (Å²) in [6.45, 7) is 3.95. The van der Waals surface area contributed by atoms with Crippen LogP contribution in [0.1, 0.15) is 72.2 Å². The third-order valence-corrected chi connectivity index (χ3v) is 5.84. The van der Waals surface area contributed by atoms with Crippen molar-refractivity contribution < 1.29 is 4.79 Å². The zero-order chi connectivity index (χ0) is 19.5. The van der Waals surface area contributed by atoms with Crippen molar-refractivity contribution in [1.82, 2.24) is 15.2 Å². The molecule has 1 saturated carbocycles. The standard InChI is InChI=1S/C23H29N3O2/c1-2-14-26(18-11-12-18)15-17-10-13-20(22(27)24-17)23(28)25-21-9-5-7-16-6-3-4-8-19(16)21/h3-4,6,8,10,13,18,21H,2,5,7,9,11-12,14-15H2,1H3,(H,24,27)(H,25,28)/t21-/m0/s1. The first-order chi connectivity index (χ1) is 13.7. The van der Waals surface area contributed by atoms with Crippen LogP contribution in [0, 0.1) is 0 Å². The minimum Gasteiger partial charge on any atom is -0.345 e. The van der Waals surface area contributed by atoms with E-state index < -0.39 is 0 Å². The maximum atomic E-state index is 12.8. The lowest BCUT2D eigenvalue weighted by Gasteiger charge is -2.26. The van der Waals surface area contributed by atoms with Crippen LogP contribution in [-0.2, 0) is 13.0 Å². The van der Waals surface area contributed by atoms with Gasteiger partial charge in [0.25, 0.3) is 11.5 Å². The molecule has 0 aliphatic heterocycles. The molecule has 2 aliphatic rings. The number of H-pyrrole nitrogens is 1. The summed E-state index contributed by atoms with van der Waals surface area (Å²) in [4.78, 5) is 30.7. The molecule has 0 bridgehead atoms. The number of carbonyl (C=O) groups excluding carboxylic acids is 1. The number of benzene rings is 1. The Morgan fingerprint density at radius 3 is 2.75 bits per heavy atom. The number of pyridine rings is 1. The third kappa shape index (κ3) is 4.20. The van der Waals surface area contributed by atoms with E-state index in [2.05, 4.69) is 34.3 Å². The lowest BCUT2D eigenvalue weighted by molar-refractivity contribution is 0.0931. The second-order valence-corrected chi connectivity index (χ2v) is 8.05. The molecule has 1 aromatic carbocycles. The lowest BCUT2D eigenvalue weighted by atomic mass is 9.87. The van der Waals surface area contributed by atoms with Crippen LogP contribution in [0.2, 0.25) is 0 Å². The van der Waals surface area contributed by atoms with Crippen LogP contribution in [0.4, 0.5) is 0 Å². The molecule has 1 aromatic heterocycles. The largest absolute Gasteiger partial charge is 0.345 e. The Hall–Kier alpha value is -2.40. The van der Waals surface area contributed by atoms with Gasteiger partial charge >= 0.3 is 0 Å². The van der Waals surface area contributed by atoms with Gasteiger partial charge in [0.2, 0.25) is 0 Å². The fourth-order valence-electron chi connectivity index (χ4n) is 4.26. The van der Waals surface area contributed by atoms with Gasteiger partial charge in [-0.1, -0.05) is 31.2 Å². The summed E-state index contributed by atoms with van der Waals surface area (Å²) in [6, 6.07) is 12.4. The number of hydrogen-bond acceptors (Lipinski definition) is 3. The second-order valence-electron chi connectivity index (χ2n) is 8.05. The average Bonchev–Trinajstić information content (AvgIpc) is 3.53. The quantitative estimate of drug-likeness (QED) is 0.773. The van der Waals surface area contributed by atoms with Gasteiger partial charge in [-0.05, 0) is 68.3 Å². The van der Waals surface area contributed by atoms with E-state index in [-0.39, 0.29) is 23.1 Å². The maximum absolute atomic E-state index is 12.8. The Kier molecular flexibility index (Phi) is 5.62. The average molecular weight is 380 g/mol. The molecule has 2 aromatic rings. The van der Waals surface area contributed by atoms with Crippen LogP contribution >= 0.6 is 0 Å².